The van der Waals surface area contributed by atoms with Crippen molar-refractivity contribution < 1.29 is 9.47 Å². The molecule has 6 heteroatoms. The highest BCUT2D eigenvalue weighted by Crippen LogP contribution is 2.27. The molecule has 0 unspecified atom stereocenters. The molecular weight excluding hydrogens is 244 g/mol. The van der Waals surface area contributed by atoms with Gasteiger partial charge in [0.25, 0.3) is 0 Å². The molecule has 0 aliphatic carbocycles. The van der Waals surface area contributed by atoms with Gasteiger partial charge in [0.2, 0.25) is 5.96 Å². The lowest BCUT2D eigenvalue weighted by molar-refractivity contribution is 0.288. The van der Waals surface area contributed by atoms with Crippen molar-refractivity contribution in [1.82, 2.24) is 0 Å². The summed E-state index contributed by atoms with van der Waals surface area (Å²) in [6, 6.07) is 5.51. The van der Waals surface area contributed by atoms with Crippen LogP contribution < -0.4 is 20.9 Å². The highest BCUT2D eigenvalue weighted by Gasteiger charge is 2.04. The third-order valence-electron chi connectivity index (χ3n) is 2.32. The molecule has 0 saturated carbocycles. The quantitative estimate of drug-likeness (QED) is 0.337. The summed E-state index contributed by atoms with van der Waals surface area (Å²) in [4.78, 5) is 0. The fraction of sp³-hybridized carbons (Fsp3) is 0.385. The third kappa shape index (κ3) is 5.29. The van der Waals surface area contributed by atoms with Gasteiger partial charge in [0.1, 0.15) is 0 Å². The summed E-state index contributed by atoms with van der Waals surface area (Å²) in [5.41, 5.74) is 11.2. The maximum atomic E-state index is 5.63. The van der Waals surface area contributed by atoms with Gasteiger partial charge in [-0.2, -0.15) is 5.10 Å². The number of hydrogen-bond donors (Lipinski definition) is 2. The van der Waals surface area contributed by atoms with Gasteiger partial charge in [0.15, 0.2) is 11.5 Å². The highest BCUT2D eigenvalue weighted by atomic mass is 16.5. The number of hydrogen-bond acceptors (Lipinski definition) is 4. The van der Waals surface area contributed by atoms with Crippen LogP contribution >= 0.6 is 0 Å². The van der Waals surface area contributed by atoms with E-state index in [1.807, 2.05) is 18.2 Å². The Morgan fingerprint density at radius 1 is 1.32 bits per heavy atom. The molecule has 0 amide bonds. The first-order valence-corrected chi connectivity index (χ1v) is 6.10. The van der Waals surface area contributed by atoms with Gasteiger partial charge in [0.05, 0.1) is 19.9 Å². The first-order chi connectivity index (χ1) is 9.17. The average molecular weight is 264 g/mol. The van der Waals surface area contributed by atoms with E-state index in [1.165, 1.54) is 6.21 Å². The van der Waals surface area contributed by atoms with Crippen molar-refractivity contribution in [2.45, 2.75) is 19.8 Å². The Balaban J connectivity index is 2.77. The maximum absolute atomic E-state index is 5.63. The Morgan fingerprint density at radius 2 is 2.11 bits per heavy atom. The van der Waals surface area contributed by atoms with Crippen molar-refractivity contribution in [3.63, 3.8) is 0 Å². The van der Waals surface area contributed by atoms with E-state index in [-0.39, 0.29) is 5.96 Å². The van der Waals surface area contributed by atoms with Crippen LogP contribution in [0.25, 0.3) is 0 Å². The van der Waals surface area contributed by atoms with E-state index in [1.54, 1.807) is 7.11 Å². The van der Waals surface area contributed by atoms with Crippen molar-refractivity contribution in [2.75, 3.05) is 13.7 Å². The molecule has 1 aromatic rings. The van der Waals surface area contributed by atoms with Crippen molar-refractivity contribution in [2.24, 2.45) is 21.7 Å². The van der Waals surface area contributed by atoms with E-state index < -0.39 is 0 Å². The van der Waals surface area contributed by atoms with Crippen LogP contribution in [0.4, 0.5) is 0 Å². The summed E-state index contributed by atoms with van der Waals surface area (Å²) in [5, 5.41) is 7.27. The van der Waals surface area contributed by atoms with Gasteiger partial charge in [-0.15, -0.1) is 5.10 Å². The molecule has 0 saturated heterocycles. The minimum Gasteiger partial charge on any atom is -0.493 e. The Hall–Kier alpha value is -2.24. The molecule has 0 aromatic heterocycles. The molecule has 104 valence electrons. The number of nitrogens with two attached hydrogens (primary N) is 2. The van der Waals surface area contributed by atoms with Gasteiger partial charge < -0.3 is 20.9 Å². The monoisotopic (exact) mass is 264 g/mol. The average Bonchev–Trinajstić information content (AvgIpc) is 2.39. The Bertz CT molecular complexity index is 454. The van der Waals surface area contributed by atoms with Crippen LogP contribution in [0.1, 0.15) is 25.3 Å². The summed E-state index contributed by atoms with van der Waals surface area (Å²) in [6.45, 7) is 2.79. The van der Waals surface area contributed by atoms with Gasteiger partial charge in [-0.05, 0) is 30.2 Å². The van der Waals surface area contributed by atoms with E-state index in [9.17, 15) is 0 Å². The van der Waals surface area contributed by atoms with Crippen molar-refractivity contribution >= 4 is 12.2 Å². The summed E-state index contributed by atoms with van der Waals surface area (Å²) in [5.74, 6) is 1.29. The van der Waals surface area contributed by atoms with Crippen LogP contribution in [0.5, 0.6) is 11.5 Å². The molecule has 0 aliphatic heterocycles. The Kier molecular flexibility index (Phi) is 6.21. The third-order valence-corrected chi connectivity index (χ3v) is 2.32. The molecule has 4 N–H and O–H groups in total. The number of unbranched alkanes of at least 4 members (excludes halogenated alkanes) is 1. The lowest BCUT2D eigenvalue weighted by Gasteiger charge is -2.10. The van der Waals surface area contributed by atoms with Crippen molar-refractivity contribution in [3.8, 4) is 11.5 Å². The molecule has 19 heavy (non-hydrogen) atoms. The number of methoxy groups -OCH3 is 1. The summed E-state index contributed by atoms with van der Waals surface area (Å²) in [6.07, 6.45) is 3.64. The first kappa shape index (κ1) is 14.8. The molecule has 0 heterocycles. The van der Waals surface area contributed by atoms with Gasteiger partial charge >= 0.3 is 0 Å². The summed E-state index contributed by atoms with van der Waals surface area (Å²) in [7, 11) is 1.60. The highest BCUT2D eigenvalue weighted by molar-refractivity contribution is 5.82. The number of benzene rings is 1. The SMILES string of the molecule is CCCCOc1ccc(/C=N\N=C(N)N)cc1OC. The van der Waals surface area contributed by atoms with Crippen LogP contribution in [0.2, 0.25) is 0 Å². The van der Waals surface area contributed by atoms with Gasteiger partial charge in [-0.3, -0.25) is 0 Å². The smallest absolute Gasteiger partial charge is 0.211 e. The van der Waals surface area contributed by atoms with Crippen LogP contribution in [-0.4, -0.2) is 25.9 Å². The molecule has 0 fully saturated rings. The zero-order valence-electron chi connectivity index (χ0n) is 11.3. The zero-order chi connectivity index (χ0) is 14.1. The van der Waals surface area contributed by atoms with E-state index in [2.05, 4.69) is 17.1 Å². The van der Waals surface area contributed by atoms with Crippen molar-refractivity contribution in [3.05, 3.63) is 23.8 Å². The second-order valence-corrected chi connectivity index (χ2v) is 3.88. The standard InChI is InChI=1S/C13H20N4O2/c1-3-4-7-19-11-6-5-10(8-12(11)18-2)9-16-17-13(14)15/h5-6,8-9H,3-4,7H2,1-2H3,(H4,14,15,17)/b16-9-. The second kappa shape index (κ2) is 7.97. The fourth-order valence-electron chi connectivity index (χ4n) is 1.37. The van der Waals surface area contributed by atoms with Crippen LogP contribution in [0.15, 0.2) is 28.4 Å². The molecule has 0 spiro atoms. The fourth-order valence-corrected chi connectivity index (χ4v) is 1.37. The molecule has 0 aliphatic rings. The van der Waals surface area contributed by atoms with E-state index in [4.69, 9.17) is 20.9 Å². The molecule has 1 aromatic carbocycles. The Morgan fingerprint density at radius 3 is 2.74 bits per heavy atom. The molecule has 6 nitrogen and oxygen atoms in total. The van der Waals surface area contributed by atoms with E-state index in [0.717, 1.165) is 24.2 Å². The summed E-state index contributed by atoms with van der Waals surface area (Å²) >= 11 is 0. The van der Waals surface area contributed by atoms with E-state index >= 15 is 0 Å². The summed E-state index contributed by atoms with van der Waals surface area (Å²) < 4.78 is 10.9. The number of nitrogens with zero attached hydrogens (tertiary/aromatic N) is 2. The molecule has 0 bridgehead atoms. The molecular formula is C13H20N4O2. The topological polar surface area (TPSA) is 95.2 Å². The number of ether oxygens (including phenoxy) is 2. The second-order valence-electron chi connectivity index (χ2n) is 3.88. The van der Waals surface area contributed by atoms with E-state index in [0.29, 0.717) is 12.4 Å². The van der Waals surface area contributed by atoms with Crippen LogP contribution in [0, 0.1) is 0 Å². The number of guanidine groups is 1. The molecule has 1 rings (SSSR count). The Labute approximate surface area is 113 Å². The van der Waals surface area contributed by atoms with Gasteiger partial charge in [0, 0.05) is 0 Å². The predicted molar refractivity (Wildman–Crippen MR) is 76.8 cm³/mol. The first-order valence-electron chi connectivity index (χ1n) is 6.10. The lowest BCUT2D eigenvalue weighted by atomic mass is 10.2. The minimum absolute atomic E-state index is 0.0808. The zero-order valence-corrected chi connectivity index (χ0v) is 11.3. The lowest BCUT2D eigenvalue weighted by Crippen LogP contribution is -2.21. The van der Waals surface area contributed by atoms with Gasteiger partial charge in [-0.25, -0.2) is 0 Å². The number of rotatable bonds is 7. The minimum atomic E-state index is -0.0808. The maximum Gasteiger partial charge on any atom is 0.211 e. The predicted octanol–water partition coefficient (Wildman–Crippen LogP) is 1.48. The largest absolute Gasteiger partial charge is 0.493 e. The molecule has 0 atom stereocenters. The van der Waals surface area contributed by atoms with Crippen LogP contribution in [0.3, 0.4) is 0 Å². The normalized spacial score (nSPS) is 10.4. The van der Waals surface area contributed by atoms with Gasteiger partial charge in [-0.1, -0.05) is 13.3 Å². The van der Waals surface area contributed by atoms with Crippen LogP contribution in [-0.2, 0) is 0 Å². The van der Waals surface area contributed by atoms with Crippen molar-refractivity contribution in [1.29, 1.82) is 0 Å². The molecule has 0 radical (unpaired) electrons.